The smallest absolute Gasteiger partial charge is 0.119 e. The number of aryl methyl sites for hydroxylation is 2. The van der Waals surface area contributed by atoms with E-state index in [9.17, 15) is 0 Å². The molecule has 0 aliphatic carbocycles. The van der Waals surface area contributed by atoms with Gasteiger partial charge in [0.05, 0.1) is 23.2 Å². The van der Waals surface area contributed by atoms with Gasteiger partial charge in [-0.05, 0) is 30.5 Å². The van der Waals surface area contributed by atoms with Crippen molar-refractivity contribution in [1.29, 1.82) is 0 Å². The second-order valence-electron chi connectivity index (χ2n) is 4.32. The number of rotatable bonds is 7. The average molecular weight is 296 g/mol. The van der Waals surface area contributed by atoms with Crippen LogP contribution in [0.4, 0.5) is 0 Å². The highest BCUT2D eigenvalue weighted by Crippen LogP contribution is 2.16. The lowest BCUT2D eigenvalue weighted by molar-refractivity contribution is 0.310. The molecule has 1 heterocycles. The van der Waals surface area contributed by atoms with Gasteiger partial charge in [-0.1, -0.05) is 19.1 Å². The minimum Gasteiger partial charge on any atom is -0.494 e. The predicted octanol–water partition coefficient (Wildman–Crippen LogP) is 4.46. The third kappa shape index (κ3) is 4.51. The molecule has 0 bridgehead atoms. The van der Waals surface area contributed by atoms with E-state index in [1.54, 1.807) is 11.3 Å². The molecule has 4 heteroatoms. The molecule has 0 saturated heterocycles. The first-order valence-electron chi connectivity index (χ1n) is 6.52. The Morgan fingerprint density at radius 2 is 2.26 bits per heavy atom. The van der Waals surface area contributed by atoms with Gasteiger partial charge < -0.3 is 4.74 Å². The van der Waals surface area contributed by atoms with Crippen LogP contribution < -0.4 is 4.74 Å². The van der Waals surface area contributed by atoms with E-state index >= 15 is 0 Å². The van der Waals surface area contributed by atoms with Crippen LogP contribution in [0.25, 0.3) is 0 Å². The van der Waals surface area contributed by atoms with Crippen molar-refractivity contribution < 1.29 is 4.74 Å². The van der Waals surface area contributed by atoms with Crippen LogP contribution in [0, 0.1) is 0 Å². The Morgan fingerprint density at radius 3 is 3.00 bits per heavy atom. The number of halogens is 1. The van der Waals surface area contributed by atoms with Gasteiger partial charge >= 0.3 is 0 Å². The molecule has 0 saturated carbocycles. The molecule has 102 valence electrons. The maximum absolute atomic E-state index is 5.75. The summed E-state index contributed by atoms with van der Waals surface area (Å²) in [4.78, 5) is 4.43. The molecule has 19 heavy (non-hydrogen) atoms. The Labute approximate surface area is 123 Å². The number of ether oxygens (including phenoxy) is 1. The zero-order valence-corrected chi connectivity index (χ0v) is 12.6. The zero-order valence-electron chi connectivity index (χ0n) is 11.1. The van der Waals surface area contributed by atoms with Crippen molar-refractivity contribution in [2.75, 3.05) is 6.61 Å². The summed E-state index contributed by atoms with van der Waals surface area (Å²) in [6, 6.07) is 8.28. The van der Waals surface area contributed by atoms with E-state index in [0.29, 0.717) is 5.88 Å². The molecular formula is C15H18ClNOS. The number of hydrogen-bond donors (Lipinski definition) is 0. The molecule has 0 fully saturated rings. The van der Waals surface area contributed by atoms with E-state index in [1.165, 1.54) is 5.56 Å². The van der Waals surface area contributed by atoms with Gasteiger partial charge in [-0.3, -0.25) is 0 Å². The number of thiazole rings is 1. The molecule has 0 amide bonds. The standard InChI is InChI=1S/C15H18ClNOS/c1-2-12-5-3-6-14(9-12)18-8-4-7-15-17-13(10-16)11-19-15/h3,5-6,9,11H,2,4,7-8,10H2,1H3. The first kappa shape index (κ1) is 14.4. The van der Waals surface area contributed by atoms with Crippen molar-refractivity contribution in [1.82, 2.24) is 4.98 Å². The van der Waals surface area contributed by atoms with Crippen molar-refractivity contribution >= 4 is 22.9 Å². The maximum atomic E-state index is 5.75. The first-order chi connectivity index (χ1) is 9.31. The number of hydrogen-bond acceptors (Lipinski definition) is 3. The van der Waals surface area contributed by atoms with Crippen molar-refractivity contribution in [3.63, 3.8) is 0 Å². The van der Waals surface area contributed by atoms with Gasteiger partial charge in [0.1, 0.15) is 5.75 Å². The quantitative estimate of drug-likeness (QED) is 0.556. The highest BCUT2D eigenvalue weighted by molar-refractivity contribution is 7.09. The van der Waals surface area contributed by atoms with E-state index in [4.69, 9.17) is 16.3 Å². The number of nitrogens with zero attached hydrogens (tertiary/aromatic N) is 1. The van der Waals surface area contributed by atoms with Gasteiger partial charge in [-0.25, -0.2) is 4.98 Å². The topological polar surface area (TPSA) is 22.1 Å². The van der Waals surface area contributed by atoms with Gasteiger partial charge in [0, 0.05) is 11.8 Å². The summed E-state index contributed by atoms with van der Waals surface area (Å²) < 4.78 is 5.75. The fourth-order valence-electron chi connectivity index (χ4n) is 1.79. The Kier molecular flexibility index (Phi) is 5.67. The molecule has 2 aromatic rings. The van der Waals surface area contributed by atoms with Crippen LogP contribution in [0.1, 0.15) is 29.6 Å². The largest absolute Gasteiger partial charge is 0.494 e. The van der Waals surface area contributed by atoms with Crippen LogP contribution in [-0.4, -0.2) is 11.6 Å². The molecule has 0 unspecified atom stereocenters. The Bertz CT molecular complexity index is 512. The monoisotopic (exact) mass is 295 g/mol. The Balaban J connectivity index is 1.74. The summed E-state index contributed by atoms with van der Waals surface area (Å²) in [7, 11) is 0. The number of benzene rings is 1. The Morgan fingerprint density at radius 1 is 1.37 bits per heavy atom. The third-order valence-corrected chi connectivity index (χ3v) is 4.08. The zero-order chi connectivity index (χ0) is 13.5. The summed E-state index contributed by atoms with van der Waals surface area (Å²) >= 11 is 7.40. The maximum Gasteiger partial charge on any atom is 0.119 e. The van der Waals surface area contributed by atoms with Crippen LogP contribution >= 0.6 is 22.9 Å². The lowest BCUT2D eigenvalue weighted by Crippen LogP contribution is -1.99. The van der Waals surface area contributed by atoms with Crippen molar-refractivity contribution in [3.8, 4) is 5.75 Å². The molecule has 2 rings (SSSR count). The second kappa shape index (κ2) is 7.51. The predicted molar refractivity (Wildman–Crippen MR) is 81.3 cm³/mol. The molecule has 0 aliphatic rings. The van der Waals surface area contributed by atoms with E-state index in [-0.39, 0.29) is 0 Å². The fraction of sp³-hybridized carbons (Fsp3) is 0.400. The van der Waals surface area contributed by atoms with Gasteiger partial charge in [-0.15, -0.1) is 22.9 Å². The van der Waals surface area contributed by atoms with E-state index in [0.717, 1.165) is 42.3 Å². The lowest BCUT2D eigenvalue weighted by atomic mass is 10.2. The van der Waals surface area contributed by atoms with Crippen molar-refractivity contribution in [3.05, 3.63) is 45.9 Å². The second-order valence-corrected chi connectivity index (χ2v) is 5.53. The molecule has 0 radical (unpaired) electrons. The van der Waals surface area contributed by atoms with Crippen LogP contribution in [0.15, 0.2) is 29.6 Å². The molecule has 1 aromatic heterocycles. The third-order valence-electron chi connectivity index (χ3n) is 2.85. The normalized spacial score (nSPS) is 10.6. The molecular weight excluding hydrogens is 278 g/mol. The minimum absolute atomic E-state index is 0.497. The molecule has 2 nitrogen and oxygen atoms in total. The first-order valence-corrected chi connectivity index (χ1v) is 7.94. The van der Waals surface area contributed by atoms with Gasteiger partial charge in [-0.2, -0.15) is 0 Å². The van der Waals surface area contributed by atoms with Gasteiger partial charge in [0.2, 0.25) is 0 Å². The van der Waals surface area contributed by atoms with Crippen LogP contribution in [0.2, 0.25) is 0 Å². The van der Waals surface area contributed by atoms with Crippen molar-refractivity contribution in [2.24, 2.45) is 0 Å². The van der Waals surface area contributed by atoms with Crippen LogP contribution in [0.3, 0.4) is 0 Å². The lowest BCUT2D eigenvalue weighted by Gasteiger charge is -2.06. The summed E-state index contributed by atoms with van der Waals surface area (Å²) in [6.45, 7) is 2.87. The van der Waals surface area contributed by atoms with E-state index in [2.05, 4.69) is 24.0 Å². The summed E-state index contributed by atoms with van der Waals surface area (Å²) in [5.74, 6) is 1.46. The van der Waals surface area contributed by atoms with Gasteiger partial charge in [0.25, 0.3) is 0 Å². The van der Waals surface area contributed by atoms with E-state index in [1.807, 2.05) is 17.5 Å². The van der Waals surface area contributed by atoms with Gasteiger partial charge in [0.15, 0.2) is 0 Å². The number of aromatic nitrogens is 1. The fourth-order valence-corrected chi connectivity index (χ4v) is 2.86. The molecule has 0 spiro atoms. The highest BCUT2D eigenvalue weighted by Gasteiger charge is 2.01. The Hall–Kier alpha value is -1.06. The van der Waals surface area contributed by atoms with Crippen LogP contribution in [0.5, 0.6) is 5.75 Å². The average Bonchev–Trinajstić information content (AvgIpc) is 2.92. The SMILES string of the molecule is CCc1cccc(OCCCc2nc(CCl)cs2)c1. The van der Waals surface area contributed by atoms with Crippen LogP contribution in [-0.2, 0) is 18.7 Å². The molecule has 0 atom stereocenters. The molecule has 0 N–H and O–H groups in total. The summed E-state index contributed by atoms with van der Waals surface area (Å²) in [6.07, 6.45) is 2.97. The minimum atomic E-state index is 0.497. The summed E-state index contributed by atoms with van der Waals surface area (Å²) in [5, 5.41) is 3.16. The number of alkyl halides is 1. The van der Waals surface area contributed by atoms with Crippen molar-refractivity contribution in [2.45, 2.75) is 32.1 Å². The van der Waals surface area contributed by atoms with E-state index < -0.39 is 0 Å². The highest BCUT2D eigenvalue weighted by atomic mass is 35.5. The molecule has 0 aliphatic heterocycles. The molecule has 1 aromatic carbocycles. The summed E-state index contributed by atoms with van der Waals surface area (Å²) in [5.41, 5.74) is 2.28.